The van der Waals surface area contributed by atoms with Crippen molar-refractivity contribution in [2.45, 2.75) is 5.41 Å². The molecule has 0 bridgehead atoms. The Morgan fingerprint density at radius 3 is 1.28 bits per heavy atom. The van der Waals surface area contributed by atoms with Crippen LogP contribution in [0.2, 0.25) is 0 Å². The van der Waals surface area contributed by atoms with E-state index >= 15 is 0 Å². The van der Waals surface area contributed by atoms with Gasteiger partial charge in [0.2, 0.25) is 0 Å². The Kier molecular flexibility index (Phi) is 8.16. The minimum atomic E-state index is -0.704. The number of hydrogen-bond acceptors (Lipinski definition) is 3. The van der Waals surface area contributed by atoms with Crippen LogP contribution in [0.5, 0.6) is 0 Å². The first-order chi connectivity index (χ1) is 26.7. The maximum atomic E-state index is 9.74. The van der Waals surface area contributed by atoms with Crippen molar-refractivity contribution in [1.29, 1.82) is 10.5 Å². The zero-order valence-corrected chi connectivity index (χ0v) is 29.4. The van der Waals surface area contributed by atoms with E-state index in [0.717, 1.165) is 61.6 Å². The Morgan fingerprint density at radius 1 is 0.370 bits per heavy atom. The molecule has 0 radical (unpaired) electrons. The third-order valence-corrected chi connectivity index (χ3v) is 10.6. The quantitative estimate of drug-likeness (QED) is 0.168. The Labute approximate surface area is 315 Å². The molecule has 3 nitrogen and oxygen atoms in total. The molecule has 0 N–H and O–H groups in total. The van der Waals surface area contributed by atoms with Crippen molar-refractivity contribution in [2.75, 3.05) is 4.90 Å². The van der Waals surface area contributed by atoms with Gasteiger partial charge in [0.15, 0.2) is 0 Å². The molecule has 0 saturated carbocycles. The molecule has 0 atom stereocenters. The second-order valence-electron chi connectivity index (χ2n) is 13.5. The molecule has 0 aliphatic heterocycles. The highest BCUT2D eigenvalue weighted by Crippen LogP contribution is 2.59. The molecule has 3 heteroatoms. The molecule has 252 valence electrons. The van der Waals surface area contributed by atoms with Crippen LogP contribution >= 0.6 is 0 Å². The van der Waals surface area contributed by atoms with Gasteiger partial charge in [0.25, 0.3) is 0 Å². The Balaban J connectivity index is 1.30. The van der Waals surface area contributed by atoms with Gasteiger partial charge in [-0.15, -0.1) is 0 Å². The van der Waals surface area contributed by atoms with Crippen LogP contribution in [0.4, 0.5) is 17.1 Å². The highest BCUT2D eigenvalue weighted by Gasteiger charge is 2.47. The molecule has 1 aliphatic carbocycles. The minimum absolute atomic E-state index is 0.609. The van der Waals surface area contributed by atoms with Crippen molar-refractivity contribution in [3.8, 4) is 45.5 Å². The fourth-order valence-corrected chi connectivity index (χ4v) is 8.17. The molecule has 0 amide bonds. The summed E-state index contributed by atoms with van der Waals surface area (Å²) in [6.45, 7) is 0. The maximum Gasteiger partial charge on any atom is 0.0991 e. The zero-order chi connectivity index (χ0) is 36.5. The van der Waals surface area contributed by atoms with Gasteiger partial charge in [-0.2, -0.15) is 10.5 Å². The van der Waals surface area contributed by atoms with E-state index in [1.54, 1.807) is 0 Å². The number of hydrogen-bond donors (Lipinski definition) is 0. The number of nitrogens with zero attached hydrogens (tertiary/aromatic N) is 3. The summed E-state index contributed by atoms with van der Waals surface area (Å²) in [7, 11) is 0. The Bertz CT molecular complexity index is 2540. The average molecular weight is 688 g/mol. The Hall–Kier alpha value is -7.46. The molecule has 0 heterocycles. The molecular formula is C51H33N3. The van der Waals surface area contributed by atoms with Crippen LogP contribution in [0, 0.1) is 22.7 Å². The van der Waals surface area contributed by atoms with Gasteiger partial charge in [0, 0.05) is 16.9 Å². The van der Waals surface area contributed by atoms with Crippen LogP contribution in [0.15, 0.2) is 200 Å². The van der Waals surface area contributed by atoms with Crippen molar-refractivity contribution in [3.05, 3.63) is 234 Å². The summed E-state index contributed by atoms with van der Waals surface area (Å²) >= 11 is 0. The second-order valence-corrected chi connectivity index (χ2v) is 13.5. The van der Waals surface area contributed by atoms with Gasteiger partial charge >= 0.3 is 0 Å². The minimum Gasteiger partial charge on any atom is -0.310 e. The van der Waals surface area contributed by atoms with Crippen LogP contribution in [-0.2, 0) is 5.41 Å². The van der Waals surface area contributed by atoms with E-state index in [2.05, 4.69) is 181 Å². The topological polar surface area (TPSA) is 50.8 Å². The van der Waals surface area contributed by atoms with Crippen molar-refractivity contribution < 1.29 is 0 Å². The van der Waals surface area contributed by atoms with Gasteiger partial charge in [-0.25, -0.2) is 0 Å². The van der Waals surface area contributed by atoms with E-state index in [4.69, 9.17) is 0 Å². The summed E-state index contributed by atoms with van der Waals surface area (Å²) in [6.07, 6.45) is 0. The van der Waals surface area contributed by atoms with E-state index in [-0.39, 0.29) is 0 Å². The molecular weight excluding hydrogens is 655 g/mol. The van der Waals surface area contributed by atoms with Crippen LogP contribution in [0.1, 0.15) is 33.4 Å². The van der Waals surface area contributed by atoms with E-state index in [1.807, 2.05) is 36.4 Å². The molecule has 0 fully saturated rings. The number of anilines is 3. The second kappa shape index (κ2) is 13.6. The molecule has 8 aromatic carbocycles. The van der Waals surface area contributed by atoms with E-state index in [0.29, 0.717) is 11.1 Å². The lowest BCUT2D eigenvalue weighted by Crippen LogP contribution is -2.28. The SMILES string of the molecule is N#Cc1ccc(C2(c3ccc(C#N)cc3)c3ccccc3-c3c(N(c4ccc(-c5ccccc5)cc4)c4ccc(-c5ccccc5)cc4)cccc32)cc1. The average Bonchev–Trinajstić information content (AvgIpc) is 3.56. The smallest absolute Gasteiger partial charge is 0.0991 e. The first-order valence-corrected chi connectivity index (χ1v) is 18.0. The van der Waals surface area contributed by atoms with Crippen molar-refractivity contribution >= 4 is 17.1 Å². The number of rotatable bonds is 7. The predicted octanol–water partition coefficient (Wildman–Crippen LogP) is 12.6. The maximum absolute atomic E-state index is 9.74. The molecule has 54 heavy (non-hydrogen) atoms. The lowest BCUT2D eigenvalue weighted by atomic mass is 9.67. The summed E-state index contributed by atoms with van der Waals surface area (Å²) in [5.41, 5.74) is 15.0. The fraction of sp³-hybridized carbons (Fsp3) is 0.0196. The summed E-state index contributed by atoms with van der Waals surface area (Å²) in [5.74, 6) is 0. The number of fused-ring (bicyclic) bond motifs is 3. The largest absolute Gasteiger partial charge is 0.310 e. The predicted molar refractivity (Wildman–Crippen MR) is 219 cm³/mol. The highest BCUT2D eigenvalue weighted by molar-refractivity contribution is 5.97. The first-order valence-electron chi connectivity index (χ1n) is 18.0. The van der Waals surface area contributed by atoms with Gasteiger partial charge in [0.05, 0.1) is 34.4 Å². The van der Waals surface area contributed by atoms with Gasteiger partial charge in [-0.3, -0.25) is 0 Å². The summed E-state index contributed by atoms with van der Waals surface area (Å²) in [4.78, 5) is 2.37. The molecule has 0 spiro atoms. The molecule has 1 aliphatic rings. The summed E-state index contributed by atoms with van der Waals surface area (Å²) in [5, 5.41) is 19.5. The lowest BCUT2D eigenvalue weighted by Gasteiger charge is -2.34. The van der Waals surface area contributed by atoms with Crippen LogP contribution in [0.3, 0.4) is 0 Å². The Morgan fingerprint density at radius 2 is 0.796 bits per heavy atom. The van der Waals surface area contributed by atoms with Crippen molar-refractivity contribution in [2.24, 2.45) is 0 Å². The molecule has 0 saturated heterocycles. The van der Waals surface area contributed by atoms with E-state index in [9.17, 15) is 10.5 Å². The van der Waals surface area contributed by atoms with Gasteiger partial charge in [-0.1, -0.05) is 146 Å². The fourth-order valence-electron chi connectivity index (χ4n) is 8.17. The highest BCUT2D eigenvalue weighted by atomic mass is 15.1. The van der Waals surface area contributed by atoms with Crippen LogP contribution in [-0.4, -0.2) is 0 Å². The summed E-state index contributed by atoms with van der Waals surface area (Å²) < 4.78 is 0. The molecule has 0 unspecified atom stereocenters. The van der Waals surface area contributed by atoms with E-state index < -0.39 is 5.41 Å². The monoisotopic (exact) mass is 687 g/mol. The third kappa shape index (κ3) is 5.36. The van der Waals surface area contributed by atoms with Gasteiger partial charge in [0.1, 0.15) is 0 Å². The van der Waals surface area contributed by atoms with Gasteiger partial charge < -0.3 is 4.90 Å². The third-order valence-electron chi connectivity index (χ3n) is 10.6. The summed E-state index contributed by atoms with van der Waals surface area (Å²) in [6, 6.07) is 74.4. The van der Waals surface area contributed by atoms with Crippen molar-refractivity contribution in [1.82, 2.24) is 0 Å². The molecule has 8 aromatic rings. The van der Waals surface area contributed by atoms with Gasteiger partial charge in [-0.05, 0) is 105 Å². The standard InChI is InChI=1S/C51H33N3/c52-34-36-18-26-42(27-19-36)51(43-28-20-37(35-53)21-29-43)47-15-8-7-14-46(47)50-48(51)16-9-17-49(50)54(44-30-22-40(23-31-44)38-10-3-1-4-11-38)45-32-24-41(25-33-45)39-12-5-2-6-13-39/h1-33H. The molecule has 9 rings (SSSR count). The van der Waals surface area contributed by atoms with Crippen molar-refractivity contribution in [3.63, 3.8) is 0 Å². The van der Waals surface area contributed by atoms with E-state index in [1.165, 1.54) is 11.1 Å². The number of nitriles is 2. The zero-order valence-electron chi connectivity index (χ0n) is 29.4. The first kappa shape index (κ1) is 32.4. The van der Waals surface area contributed by atoms with Crippen LogP contribution < -0.4 is 4.90 Å². The van der Waals surface area contributed by atoms with Crippen LogP contribution in [0.25, 0.3) is 33.4 Å². The normalized spacial score (nSPS) is 12.2. The molecule has 0 aromatic heterocycles. The lowest BCUT2D eigenvalue weighted by molar-refractivity contribution is 0.768. The number of benzene rings is 8.